The summed E-state index contributed by atoms with van der Waals surface area (Å²) in [7, 11) is 0. The lowest BCUT2D eigenvalue weighted by Crippen LogP contribution is -2.11. The maximum atomic E-state index is 12.0. The smallest absolute Gasteiger partial charge is 0.182 e. The summed E-state index contributed by atoms with van der Waals surface area (Å²) in [6.07, 6.45) is 2.63. The van der Waals surface area contributed by atoms with E-state index in [0.717, 1.165) is 0 Å². The summed E-state index contributed by atoms with van der Waals surface area (Å²) in [5.74, 6) is -0.958. The molecule has 0 bridgehead atoms. The molecule has 0 fully saturated rings. The Labute approximate surface area is 90.9 Å². The molecule has 4 nitrogen and oxygen atoms in total. The van der Waals surface area contributed by atoms with E-state index in [9.17, 15) is 9.59 Å². The van der Waals surface area contributed by atoms with Crippen molar-refractivity contribution in [2.24, 2.45) is 0 Å². The number of carbonyl (C=O) groups excluding carboxylic acids is 2. The number of Topliss-reactive ketones (excluding diaryl/α,β-unsaturated/α-hetero) is 2. The quantitative estimate of drug-likeness (QED) is 0.678. The fraction of sp³-hybridized carbons (Fsp3) is 0.0833. The SMILES string of the molecule is O=C1c2ccccc2C(=O)C1c1cnco1. The third-order valence-electron chi connectivity index (χ3n) is 2.72. The average Bonchev–Trinajstić information content (AvgIpc) is 2.89. The third-order valence-corrected chi connectivity index (χ3v) is 2.72. The maximum Gasteiger partial charge on any atom is 0.182 e. The number of ketones is 2. The summed E-state index contributed by atoms with van der Waals surface area (Å²) in [4.78, 5) is 27.7. The Hall–Kier alpha value is -2.23. The van der Waals surface area contributed by atoms with Crippen LogP contribution in [0.4, 0.5) is 0 Å². The second-order valence-corrected chi connectivity index (χ2v) is 3.61. The van der Waals surface area contributed by atoms with Gasteiger partial charge in [0.2, 0.25) is 0 Å². The lowest BCUT2D eigenvalue weighted by molar-refractivity contribution is 0.0878. The molecule has 0 saturated carbocycles. The zero-order valence-corrected chi connectivity index (χ0v) is 8.21. The van der Waals surface area contributed by atoms with Crippen LogP contribution in [-0.4, -0.2) is 16.6 Å². The zero-order valence-electron chi connectivity index (χ0n) is 8.21. The monoisotopic (exact) mass is 213 g/mol. The van der Waals surface area contributed by atoms with Crippen LogP contribution in [0.15, 0.2) is 41.3 Å². The maximum absolute atomic E-state index is 12.0. The summed E-state index contributed by atoms with van der Waals surface area (Å²) in [6.45, 7) is 0. The van der Waals surface area contributed by atoms with Crippen LogP contribution < -0.4 is 0 Å². The number of rotatable bonds is 1. The van der Waals surface area contributed by atoms with Crippen molar-refractivity contribution >= 4 is 11.6 Å². The Kier molecular flexibility index (Phi) is 1.77. The molecule has 2 aromatic rings. The van der Waals surface area contributed by atoms with Gasteiger partial charge in [-0.25, -0.2) is 4.98 Å². The fourth-order valence-corrected chi connectivity index (χ4v) is 1.97. The summed E-state index contributed by atoms with van der Waals surface area (Å²) in [6, 6.07) is 6.80. The minimum Gasteiger partial charge on any atom is -0.447 e. The van der Waals surface area contributed by atoms with E-state index in [4.69, 9.17) is 4.42 Å². The van der Waals surface area contributed by atoms with Gasteiger partial charge in [0.1, 0.15) is 11.7 Å². The Bertz CT molecular complexity index is 537. The van der Waals surface area contributed by atoms with Crippen molar-refractivity contribution in [3.05, 3.63) is 53.7 Å². The minimum atomic E-state index is -0.847. The molecule has 0 amide bonds. The highest BCUT2D eigenvalue weighted by molar-refractivity contribution is 6.29. The molecule has 4 heteroatoms. The summed E-state index contributed by atoms with van der Waals surface area (Å²) in [5.41, 5.74) is 0.933. The standard InChI is InChI=1S/C12H7NO3/c14-11-7-3-1-2-4-8(7)12(15)10(11)9-5-13-6-16-9/h1-6,10H. The highest BCUT2D eigenvalue weighted by Crippen LogP contribution is 2.33. The molecule has 0 aliphatic heterocycles. The van der Waals surface area contributed by atoms with Gasteiger partial charge >= 0.3 is 0 Å². The van der Waals surface area contributed by atoms with E-state index in [2.05, 4.69) is 4.98 Å². The van der Waals surface area contributed by atoms with Crippen LogP contribution in [0.5, 0.6) is 0 Å². The van der Waals surface area contributed by atoms with E-state index >= 15 is 0 Å². The molecule has 78 valence electrons. The van der Waals surface area contributed by atoms with Crippen molar-refractivity contribution in [1.29, 1.82) is 0 Å². The number of oxazole rings is 1. The topological polar surface area (TPSA) is 60.2 Å². The zero-order chi connectivity index (χ0) is 11.1. The van der Waals surface area contributed by atoms with Gasteiger partial charge in [-0.15, -0.1) is 0 Å². The number of hydrogen-bond acceptors (Lipinski definition) is 4. The Morgan fingerprint density at radius 1 is 1.06 bits per heavy atom. The first-order valence-electron chi connectivity index (χ1n) is 4.85. The van der Waals surface area contributed by atoms with Gasteiger partial charge in [-0.3, -0.25) is 9.59 Å². The minimum absolute atomic E-state index is 0.211. The van der Waals surface area contributed by atoms with E-state index in [1.807, 2.05) is 0 Å². The highest BCUT2D eigenvalue weighted by atomic mass is 16.3. The average molecular weight is 213 g/mol. The molecule has 0 radical (unpaired) electrons. The van der Waals surface area contributed by atoms with Gasteiger partial charge in [-0.2, -0.15) is 0 Å². The number of aromatic nitrogens is 1. The molecule has 0 saturated heterocycles. The van der Waals surface area contributed by atoms with Crippen LogP contribution >= 0.6 is 0 Å². The Morgan fingerprint density at radius 3 is 2.19 bits per heavy atom. The van der Waals surface area contributed by atoms with Gasteiger partial charge < -0.3 is 4.42 Å². The van der Waals surface area contributed by atoms with Gasteiger partial charge in [0, 0.05) is 11.1 Å². The first kappa shape index (κ1) is 9.03. The molecule has 1 aliphatic rings. The number of nitrogens with zero attached hydrogens (tertiary/aromatic N) is 1. The number of fused-ring (bicyclic) bond motifs is 1. The fourth-order valence-electron chi connectivity index (χ4n) is 1.97. The second kappa shape index (κ2) is 3.13. The first-order valence-corrected chi connectivity index (χ1v) is 4.85. The van der Waals surface area contributed by atoms with Gasteiger partial charge in [-0.05, 0) is 0 Å². The van der Waals surface area contributed by atoms with E-state index in [0.29, 0.717) is 16.9 Å². The third kappa shape index (κ3) is 1.07. The van der Waals surface area contributed by atoms with Gasteiger partial charge in [0.05, 0.1) is 6.20 Å². The first-order chi connectivity index (χ1) is 7.79. The molecule has 0 N–H and O–H groups in total. The van der Waals surface area contributed by atoms with Crippen molar-refractivity contribution in [3.63, 3.8) is 0 Å². The number of benzene rings is 1. The predicted molar refractivity (Wildman–Crippen MR) is 54.3 cm³/mol. The van der Waals surface area contributed by atoms with Gasteiger partial charge in [-0.1, -0.05) is 24.3 Å². The summed E-state index contributed by atoms with van der Waals surface area (Å²) < 4.78 is 5.04. The molecule has 1 heterocycles. The molecular formula is C12H7NO3. The molecular weight excluding hydrogens is 206 g/mol. The van der Waals surface area contributed by atoms with Crippen molar-refractivity contribution in [2.75, 3.05) is 0 Å². The molecule has 1 aromatic carbocycles. The lowest BCUT2D eigenvalue weighted by Gasteiger charge is -2.00. The normalized spacial score (nSPS) is 15.5. The Balaban J connectivity index is 2.15. The highest BCUT2D eigenvalue weighted by Gasteiger charge is 2.41. The predicted octanol–water partition coefficient (Wildman–Crippen LogP) is 1.84. The van der Waals surface area contributed by atoms with Gasteiger partial charge in [0.15, 0.2) is 18.0 Å². The van der Waals surface area contributed by atoms with Crippen LogP contribution in [0.3, 0.4) is 0 Å². The van der Waals surface area contributed by atoms with Crippen molar-refractivity contribution < 1.29 is 14.0 Å². The Morgan fingerprint density at radius 2 is 1.69 bits per heavy atom. The summed E-state index contributed by atoms with van der Waals surface area (Å²) >= 11 is 0. The van der Waals surface area contributed by atoms with Crippen molar-refractivity contribution in [1.82, 2.24) is 4.98 Å². The lowest BCUT2D eigenvalue weighted by atomic mass is 10.0. The molecule has 0 spiro atoms. The van der Waals surface area contributed by atoms with Crippen molar-refractivity contribution in [2.45, 2.75) is 5.92 Å². The van der Waals surface area contributed by atoms with E-state index in [1.165, 1.54) is 12.6 Å². The second-order valence-electron chi connectivity index (χ2n) is 3.61. The molecule has 1 aliphatic carbocycles. The van der Waals surface area contributed by atoms with Crippen LogP contribution in [0, 0.1) is 0 Å². The van der Waals surface area contributed by atoms with Crippen LogP contribution in [-0.2, 0) is 0 Å². The number of hydrogen-bond donors (Lipinski definition) is 0. The van der Waals surface area contributed by atoms with Crippen LogP contribution in [0.1, 0.15) is 32.4 Å². The van der Waals surface area contributed by atoms with E-state index < -0.39 is 5.92 Å². The molecule has 0 atom stereocenters. The van der Waals surface area contributed by atoms with Crippen LogP contribution in [0.2, 0.25) is 0 Å². The molecule has 0 unspecified atom stereocenters. The van der Waals surface area contributed by atoms with Gasteiger partial charge in [0.25, 0.3) is 0 Å². The van der Waals surface area contributed by atoms with E-state index in [-0.39, 0.29) is 11.6 Å². The molecule has 3 rings (SSSR count). The van der Waals surface area contributed by atoms with E-state index in [1.54, 1.807) is 24.3 Å². The molecule has 1 aromatic heterocycles. The number of carbonyl (C=O) groups is 2. The summed E-state index contributed by atoms with van der Waals surface area (Å²) in [5, 5.41) is 0. The largest absolute Gasteiger partial charge is 0.447 e. The van der Waals surface area contributed by atoms with Crippen LogP contribution in [0.25, 0.3) is 0 Å². The molecule has 16 heavy (non-hydrogen) atoms. The van der Waals surface area contributed by atoms with Crippen molar-refractivity contribution in [3.8, 4) is 0 Å².